The molecule has 106 valence electrons. The summed E-state index contributed by atoms with van der Waals surface area (Å²) in [4.78, 5) is 2.57. The Kier molecular flexibility index (Phi) is 4.04. The molecule has 0 spiro atoms. The van der Waals surface area contributed by atoms with E-state index in [1.165, 1.54) is 35.7 Å². The van der Waals surface area contributed by atoms with Gasteiger partial charge in [0, 0.05) is 19.1 Å². The zero-order valence-electron chi connectivity index (χ0n) is 12.3. The molecule has 2 unspecified atom stereocenters. The molecular weight excluding hydrogens is 244 g/mol. The Morgan fingerprint density at radius 2 is 1.95 bits per heavy atom. The Hall–Kier alpha value is -1.38. The number of nitrogens with zero attached hydrogens (tertiary/aromatic N) is 1. The van der Waals surface area contributed by atoms with E-state index in [4.69, 9.17) is 5.73 Å². The second-order valence-corrected chi connectivity index (χ2v) is 6.13. The van der Waals surface area contributed by atoms with Gasteiger partial charge in [-0.1, -0.05) is 49.4 Å². The van der Waals surface area contributed by atoms with Crippen molar-refractivity contribution in [2.24, 2.45) is 11.7 Å². The van der Waals surface area contributed by atoms with Crippen LogP contribution in [0.1, 0.15) is 25.3 Å². The quantitative estimate of drug-likeness (QED) is 0.924. The normalized spacial score (nSPS) is 24.1. The summed E-state index contributed by atoms with van der Waals surface area (Å²) in [5, 5.41) is 2.71. The Morgan fingerprint density at radius 3 is 2.80 bits per heavy atom. The summed E-state index contributed by atoms with van der Waals surface area (Å²) in [5.74, 6) is 0.812. The van der Waals surface area contributed by atoms with Crippen molar-refractivity contribution >= 4 is 10.8 Å². The van der Waals surface area contributed by atoms with Crippen molar-refractivity contribution in [2.45, 2.75) is 32.4 Å². The maximum Gasteiger partial charge on any atom is 0.0243 e. The van der Waals surface area contributed by atoms with Gasteiger partial charge in [0.15, 0.2) is 0 Å². The van der Waals surface area contributed by atoms with E-state index in [0.29, 0.717) is 6.04 Å². The van der Waals surface area contributed by atoms with Crippen molar-refractivity contribution in [3.8, 4) is 0 Å². The van der Waals surface area contributed by atoms with E-state index in [9.17, 15) is 0 Å². The Balaban J connectivity index is 1.85. The van der Waals surface area contributed by atoms with Gasteiger partial charge < -0.3 is 5.73 Å². The maximum atomic E-state index is 5.98. The van der Waals surface area contributed by atoms with Crippen LogP contribution in [0.15, 0.2) is 42.5 Å². The summed E-state index contributed by atoms with van der Waals surface area (Å²) < 4.78 is 0. The average Bonchev–Trinajstić information content (AvgIpc) is 2.49. The van der Waals surface area contributed by atoms with E-state index >= 15 is 0 Å². The average molecular weight is 268 g/mol. The van der Waals surface area contributed by atoms with Crippen LogP contribution < -0.4 is 5.73 Å². The standard InChI is InChI=1S/C18H24N2/c1-14-9-10-20(17(11-14)12-19)13-16-7-4-6-15-5-2-3-8-18(15)16/h2-8,14,17H,9-13,19H2,1H3. The molecule has 0 aromatic heterocycles. The lowest BCUT2D eigenvalue weighted by atomic mass is 9.91. The molecule has 1 heterocycles. The van der Waals surface area contributed by atoms with Crippen LogP contribution in [0, 0.1) is 5.92 Å². The third-order valence-electron chi connectivity index (χ3n) is 4.63. The molecule has 2 nitrogen and oxygen atoms in total. The third-order valence-corrected chi connectivity index (χ3v) is 4.63. The van der Waals surface area contributed by atoms with Crippen LogP contribution in [-0.2, 0) is 6.54 Å². The van der Waals surface area contributed by atoms with Crippen molar-refractivity contribution in [1.29, 1.82) is 0 Å². The van der Waals surface area contributed by atoms with Gasteiger partial charge in [0.05, 0.1) is 0 Å². The van der Waals surface area contributed by atoms with E-state index in [1.54, 1.807) is 0 Å². The second kappa shape index (κ2) is 5.94. The van der Waals surface area contributed by atoms with Crippen LogP contribution in [0.25, 0.3) is 10.8 Å². The first-order chi connectivity index (χ1) is 9.78. The molecule has 2 atom stereocenters. The molecule has 3 rings (SSSR count). The van der Waals surface area contributed by atoms with Crippen molar-refractivity contribution in [3.05, 3.63) is 48.0 Å². The molecule has 0 amide bonds. The predicted molar refractivity (Wildman–Crippen MR) is 85.6 cm³/mol. The highest BCUT2D eigenvalue weighted by atomic mass is 15.2. The molecule has 1 saturated heterocycles. The zero-order valence-corrected chi connectivity index (χ0v) is 12.3. The lowest BCUT2D eigenvalue weighted by Gasteiger charge is -2.38. The van der Waals surface area contributed by atoms with Gasteiger partial charge in [-0.3, -0.25) is 4.90 Å². The van der Waals surface area contributed by atoms with Gasteiger partial charge >= 0.3 is 0 Å². The molecule has 1 aliphatic rings. The van der Waals surface area contributed by atoms with Crippen LogP contribution in [0.2, 0.25) is 0 Å². The fourth-order valence-corrected chi connectivity index (χ4v) is 3.40. The number of fused-ring (bicyclic) bond motifs is 1. The van der Waals surface area contributed by atoms with E-state index in [-0.39, 0.29) is 0 Å². The molecule has 2 N–H and O–H groups in total. The largest absolute Gasteiger partial charge is 0.329 e. The van der Waals surface area contributed by atoms with E-state index in [2.05, 4.69) is 54.3 Å². The number of likely N-dealkylation sites (tertiary alicyclic amines) is 1. The lowest BCUT2D eigenvalue weighted by Crippen LogP contribution is -2.45. The molecule has 0 bridgehead atoms. The topological polar surface area (TPSA) is 29.3 Å². The molecular formula is C18H24N2. The first-order valence-electron chi connectivity index (χ1n) is 7.68. The van der Waals surface area contributed by atoms with Crippen molar-refractivity contribution in [1.82, 2.24) is 4.90 Å². The Morgan fingerprint density at radius 1 is 1.15 bits per heavy atom. The van der Waals surface area contributed by atoms with Gasteiger partial charge in [0.2, 0.25) is 0 Å². The number of hydrogen-bond donors (Lipinski definition) is 1. The van der Waals surface area contributed by atoms with Crippen LogP contribution >= 0.6 is 0 Å². The minimum atomic E-state index is 0.540. The minimum absolute atomic E-state index is 0.540. The molecule has 20 heavy (non-hydrogen) atoms. The molecule has 0 radical (unpaired) electrons. The minimum Gasteiger partial charge on any atom is -0.329 e. The fraction of sp³-hybridized carbons (Fsp3) is 0.444. The molecule has 1 aliphatic heterocycles. The number of hydrogen-bond acceptors (Lipinski definition) is 2. The molecule has 2 heteroatoms. The predicted octanol–water partition coefficient (Wildman–Crippen LogP) is 3.40. The summed E-state index contributed by atoms with van der Waals surface area (Å²) >= 11 is 0. The summed E-state index contributed by atoms with van der Waals surface area (Å²) in [7, 11) is 0. The monoisotopic (exact) mass is 268 g/mol. The maximum absolute atomic E-state index is 5.98. The van der Waals surface area contributed by atoms with E-state index in [1.807, 2.05) is 0 Å². The molecule has 2 aromatic rings. The zero-order chi connectivity index (χ0) is 13.9. The number of piperidine rings is 1. The lowest BCUT2D eigenvalue weighted by molar-refractivity contribution is 0.115. The van der Waals surface area contributed by atoms with Crippen LogP contribution in [0.3, 0.4) is 0 Å². The van der Waals surface area contributed by atoms with Crippen molar-refractivity contribution in [2.75, 3.05) is 13.1 Å². The highest BCUT2D eigenvalue weighted by Gasteiger charge is 2.25. The first kappa shape index (κ1) is 13.6. The van der Waals surface area contributed by atoms with E-state index < -0.39 is 0 Å². The SMILES string of the molecule is CC1CCN(Cc2cccc3ccccc23)C(CN)C1. The fourth-order valence-electron chi connectivity index (χ4n) is 3.40. The molecule has 1 fully saturated rings. The van der Waals surface area contributed by atoms with E-state index in [0.717, 1.165) is 19.0 Å². The number of nitrogens with two attached hydrogens (primary N) is 1. The summed E-state index contributed by atoms with van der Waals surface area (Å²) in [6.45, 7) is 5.31. The molecule has 2 aromatic carbocycles. The van der Waals surface area contributed by atoms with Crippen LogP contribution in [0.5, 0.6) is 0 Å². The Bertz CT molecular complexity index is 573. The van der Waals surface area contributed by atoms with Crippen molar-refractivity contribution < 1.29 is 0 Å². The number of benzene rings is 2. The highest BCUT2D eigenvalue weighted by molar-refractivity contribution is 5.85. The van der Waals surface area contributed by atoms with Crippen molar-refractivity contribution in [3.63, 3.8) is 0 Å². The first-order valence-corrected chi connectivity index (χ1v) is 7.68. The Labute approximate surface area is 121 Å². The van der Waals surface area contributed by atoms with Gasteiger partial charge in [-0.15, -0.1) is 0 Å². The summed E-state index contributed by atoms with van der Waals surface area (Å²) in [6, 6.07) is 15.8. The van der Waals surface area contributed by atoms with Gasteiger partial charge in [-0.25, -0.2) is 0 Å². The smallest absolute Gasteiger partial charge is 0.0243 e. The highest BCUT2D eigenvalue weighted by Crippen LogP contribution is 2.26. The third kappa shape index (κ3) is 2.72. The molecule has 0 saturated carbocycles. The van der Waals surface area contributed by atoms with Gasteiger partial charge in [-0.05, 0) is 41.6 Å². The van der Waals surface area contributed by atoms with Gasteiger partial charge in [0.1, 0.15) is 0 Å². The summed E-state index contributed by atoms with van der Waals surface area (Å²) in [5.41, 5.74) is 7.41. The van der Waals surface area contributed by atoms with Gasteiger partial charge in [-0.2, -0.15) is 0 Å². The molecule has 0 aliphatic carbocycles. The van der Waals surface area contributed by atoms with Crippen LogP contribution in [0.4, 0.5) is 0 Å². The number of rotatable bonds is 3. The summed E-state index contributed by atoms with van der Waals surface area (Å²) in [6.07, 6.45) is 2.53. The second-order valence-electron chi connectivity index (χ2n) is 6.13. The van der Waals surface area contributed by atoms with Crippen LogP contribution in [-0.4, -0.2) is 24.0 Å². The van der Waals surface area contributed by atoms with Gasteiger partial charge in [0.25, 0.3) is 0 Å².